The zero-order valence-electron chi connectivity index (χ0n) is 7.66. The van der Waals surface area contributed by atoms with E-state index in [1.807, 2.05) is 0 Å². The second kappa shape index (κ2) is 18.9. The molecule has 1 N–H and O–H groups in total. The number of hydrogen-bond acceptors (Lipinski definition) is 3. The molecule has 2 nitrogen and oxygen atoms in total. The van der Waals surface area contributed by atoms with Crippen molar-refractivity contribution >= 4 is 31.2 Å². The molecule has 0 fully saturated rings. The molecular weight excluding hydrogens is 216 g/mol. The predicted octanol–water partition coefficient (Wildman–Crippen LogP) is 3.63. The van der Waals surface area contributed by atoms with Crippen molar-refractivity contribution in [2.75, 3.05) is 11.5 Å². The van der Waals surface area contributed by atoms with Gasteiger partial charge in [-0.3, -0.25) is 4.79 Å². The standard InChI is InChI=1S/C5H10O2S.C3H8S.2CH4/c1-4(2-3-8)5(6)7;1-2-3-4;;/h4,8H,2-3H2,1H3,(H,6,7);4H,2-3H2,1H3;2*1H4/t4-;;;/m0.../s1. The van der Waals surface area contributed by atoms with Crippen LogP contribution in [0.4, 0.5) is 0 Å². The van der Waals surface area contributed by atoms with Crippen LogP contribution >= 0.6 is 25.3 Å². The molecule has 0 rings (SSSR count). The van der Waals surface area contributed by atoms with Gasteiger partial charge >= 0.3 is 5.97 Å². The van der Waals surface area contributed by atoms with E-state index < -0.39 is 5.97 Å². The third kappa shape index (κ3) is 22.7. The summed E-state index contributed by atoms with van der Waals surface area (Å²) in [5.74, 6) is 0.680. The molecule has 0 bridgehead atoms. The lowest BCUT2D eigenvalue weighted by molar-refractivity contribution is -0.141. The van der Waals surface area contributed by atoms with Gasteiger partial charge in [0.05, 0.1) is 5.92 Å². The highest BCUT2D eigenvalue weighted by molar-refractivity contribution is 7.80. The summed E-state index contributed by atoms with van der Waals surface area (Å²) in [5, 5.41) is 8.28. The molecule has 0 aliphatic carbocycles. The molecule has 0 saturated heterocycles. The van der Waals surface area contributed by atoms with Gasteiger partial charge in [-0.05, 0) is 24.3 Å². The number of hydrogen-bond donors (Lipinski definition) is 3. The Balaban J connectivity index is -0.0000000733. The smallest absolute Gasteiger partial charge is 0.306 e. The van der Waals surface area contributed by atoms with E-state index in [0.29, 0.717) is 12.2 Å². The van der Waals surface area contributed by atoms with Crippen molar-refractivity contribution in [2.45, 2.75) is 41.5 Å². The Hall–Kier alpha value is 0.170. The van der Waals surface area contributed by atoms with Gasteiger partial charge in [-0.1, -0.05) is 28.7 Å². The maximum absolute atomic E-state index is 10.1. The van der Waals surface area contributed by atoms with Crippen LogP contribution in [0.25, 0.3) is 0 Å². The second-order valence-corrected chi connectivity index (χ2v) is 3.37. The first-order valence-electron chi connectivity index (χ1n) is 4.04. The maximum atomic E-state index is 10.1. The number of thiol groups is 2. The van der Waals surface area contributed by atoms with Crippen LogP contribution in [0, 0.1) is 5.92 Å². The number of carboxylic acid groups (broad SMARTS) is 1. The first kappa shape index (κ1) is 23.8. The molecule has 0 heterocycles. The fraction of sp³-hybridized carbons (Fsp3) is 0.900. The van der Waals surface area contributed by atoms with Crippen LogP contribution in [0.15, 0.2) is 0 Å². The summed E-state index contributed by atoms with van der Waals surface area (Å²) in [4.78, 5) is 10.1. The zero-order chi connectivity index (χ0) is 9.98. The summed E-state index contributed by atoms with van der Waals surface area (Å²) in [6.45, 7) is 3.78. The molecule has 0 amide bonds. The van der Waals surface area contributed by atoms with Gasteiger partial charge in [0.2, 0.25) is 0 Å². The van der Waals surface area contributed by atoms with Crippen molar-refractivity contribution in [2.24, 2.45) is 5.92 Å². The Morgan fingerprint density at radius 1 is 1.29 bits per heavy atom. The Labute approximate surface area is 100 Å². The summed E-state index contributed by atoms with van der Waals surface area (Å²) in [5.41, 5.74) is 0. The molecule has 90 valence electrons. The monoisotopic (exact) mass is 242 g/mol. The molecule has 0 aromatic carbocycles. The van der Waals surface area contributed by atoms with E-state index in [2.05, 4.69) is 32.2 Å². The Kier molecular flexibility index (Phi) is 32.0. The second-order valence-electron chi connectivity index (χ2n) is 2.48. The van der Waals surface area contributed by atoms with Crippen LogP contribution in [-0.4, -0.2) is 22.6 Å². The Morgan fingerprint density at radius 2 is 1.64 bits per heavy atom. The van der Waals surface area contributed by atoms with Crippen LogP contribution in [0.1, 0.15) is 41.5 Å². The van der Waals surface area contributed by atoms with Crippen molar-refractivity contribution in [3.63, 3.8) is 0 Å². The molecule has 0 spiro atoms. The Bertz CT molecular complexity index is 106. The molecule has 0 aliphatic heterocycles. The first-order chi connectivity index (χ1) is 5.59. The van der Waals surface area contributed by atoms with Gasteiger partial charge in [0, 0.05) is 0 Å². The number of rotatable bonds is 4. The molecule has 0 radical (unpaired) electrons. The van der Waals surface area contributed by atoms with Crippen LogP contribution in [0.3, 0.4) is 0 Å². The molecule has 0 aromatic heterocycles. The van der Waals surface area contributed by atoms with Gasteiger partial charge in [-0.2, -0.15) is 25.3 Å². The van der Waals surface area contributed by atoms with Gasteiger partial charge in [-0.15, -0.1) is 0 Å². The summed E-state index contributed by atoms with van der Waals surface area (Å²) in [6.07, 6.45) is 1.83. The number of carboxylic acids is 1. The van der Waals surface area contributed by atoms with E-state index in [9.17, 15) is 4.79 Å². The van der Waals surface area contributed by atoms with E-state index in [1.54, 1.807) is 6.92 Å². The van der Waals surface area contributed by atoms with Crippen LogP contribution < -0.4 is 0 Å². The third-order valence-corrected chi connectivity index (χ3v) is 1.91. The van der Waals surface area contributed by atoms with E-state index in [4.69, 9.17) is 5.11 Å². The molecule has 1 atom stereocenters. The average Bonchev–Trinajstić information content (AvgIpc) is 2.05. The van der Waals surface area contributed by atoms with Gasteiger partial charge in [0.25, 0.3) is 0 Å². The zero-order valence-corrected chi connectivity index (χ0v) is 9.44. The minimum Gasteiger partial charge on any atom is -0.481 e. The minimum atomic E-state index is -0.737. The highest BCUT2D eigenvalue weighted by Crippen LogP contribution is 2.01. The first-order valence-corrected chi connectivity index (χ1v) is 5.31. The SMILES string of the molecule is C.C.CCCS.C[C@@H](CCS)C(=O)O. The lowest BCUT2D eigenvalue weighted by atomic mass is 10.1. The van der Waals surface area contributed by atoms with Crippen LogP contribution in [-0.2, 0) is 4.79 Å². The van der Waals surface area contributed by atoms with Crippen molar-refractivity contribution in [3.8, 4) is 0 Å². The van der Waals surface area contributed by atoms with E-state index in [0.717, 1.165) is 5.75 Å². The van der Waals surface area contributed by atoms with Gasteiger partial charge in [-0.25, -0.2) is 0 Å². The predicted molar refractivity (Wildman–Crippen MR) is 72.9 cm³/mol. The van der Waals surface area contributed by atoms with Gasteiger partial charge in [0.1, 0.15) is 0 Å². The lowest BCUT2D eigenvalue weighted by Gasteiger charge is -1.99. The van der Waals surface area contributed by atoms with Gasteiger partial charge < -0.3 is 5.11 Å². The highest BCUT2D eigenvalue weighted by Gasteiger charge is 2.07. The maximum Gasteiger partial charge on any atom is 0.306 e. The molecule has 0 aliphatic rings. The topological polar surface area (TPSA) is 37.3 Å². The lowest BCUT2D eigenvalue weighted by Crippen LogP contribution is -2.09. The van der Waals surface area contributed by atoms with E-state index >= 15 is 0 Å². The molecule has 0 saturated carbocycles. The Morgan fingerprint density at radius 3 is 1.71 bits per heavy atom. The van der Waals surface area contributed by atoms with Crippen LogP contribution in [0.2, 0.25) is 0 Å². The molecule has 0 unspecified atom stereocenters. The summed E-state index contributed by atoms with van der Waals surface area (Å²) in [6, 6.07) is 0. The number of aliphatic carboxylic acids is 1. The molecule has 14 heavy (non-hydrogen) atoms. The quantitative estimate of drug-likeness (QED) is 0.659. The van der Waals surface area contributed by atoms with Crippen molar-refractivity contribution in [1.29, 1.82) is 0 Å². The average molecular weight is 242 g/mol. The molecule has 0 aromatic rings. The van der Waals surface area contributed by atoms with Crippen molar-refractivity contribution in [3.05, 3.63) is 0 Å². The summed E-state index contributed by atoms with van der Waals surface area (Å²) in [7, 11) is 0. The summed E-state index contributed by atoms with van der Waals surface area (Å²) >= 11 is 7.81. The van der Waals surface area contributed by atoms with E-state index in [-0.39, 0.29) is 20.8 Å². The highest BCUT2D eigenvalue weighted by atomic mass is 32.1. The van der Waals surface area contributed by atoms with Crippen molar-refractivity contribution < 1.29 is 9.90 Å². The minimum absolute atomic E-state index is 0. The fourth-order valence-electron chi connectivity index (χ4n) is 0.317. The third-order valence-electron chi connectivity index (χ3n) is 1.21. The van der Waals surface area contributed by atoms with Crippen molar-refractivity contribution in [1.82, 2.24) is 0 Å². The molecule has 4 heteroatoms. The molecular formula is C10H26O2S2. The largest absolute Gasteiger partial charge is 0.481 e. The fourth-order valence-corrected chi connectivity index (χ4v) is 0.704. The van der Waals surface area contributed by atoms with Crippen LogP contribution in [0.5, 0.6) is 0 Å². The van der Waals surface area contributed by atoms with Gasteiger partial charge in [0.15, 0.2) is 0 Å². The summed E-state index contributed by atoms with van der Waals surface area (Å²) < 4.78 is 0. The number of carbonyl (C=O) groups is 1. The van der Waals surface area contributed by atoms with E-state index in [1.165, 1.54) is 6.42 Å². The normalized spacial score (nSPS) is 9.71.